The van der Waals surface area contributed by atoms with E-state index < -0.39 is 0 Å². The summed E-state index contributed by atoms with van der Waals surface area (Å²) in [7, 11) is 0. The Labute approximate surface area is 69.8 Å². The molecule has 0 aliphatic carbocycles. The van der Waals surface area contributed by atoms with Crippen LogP contribution < -0.4 is 5.32 Å². The monoisotopic (exact) mass is 161 g/mol. The van der Waals surface area contributed by atoms with Gasteiger partial charge in [-0.25, -0.2) is 0 Å². The molecule has 1 rings (SSSR count). The minimum absolute atomic E-state index is 0.0216. The lowest BCUT2D eigenvalue weighted by atomic mass is 10.3. The van der Waals surface area contributed by atoms with Crippen LogP contribution in [0.5, 0.6) is 0 Å². The summed E-state index contributed by atoms with van der Waals surface area (Å²) < 4.78 is 0. The molecule has 0 fully saturated rings. The molecule has 0 saturated heterocycles. The highest BCUT2D eigenvalue weighted by molar-refractivity contribution is 5.93. The van der Waals surface area contributed by atoms with E-state index in [0.29, 0.717) is 5.56 Å². The summed E-state index contributed by atoms with van der Waals surface area (Å²) in [6.07, 6.45) is 3.04. The van der Waals surface area contributed by atoms with Crippen LogP contribution in [0, 0.1) is 11.3 Å². The van der Waals surface area contributed by atoms with Gasteiger partial charge in [0, 0.05) is 12.4 Å². The first-order valence-corrected chi connectivity index (χ1v) is 3.40. The van der Waals surface area contributed by atoms with Gasteiger partial charge < -0.3 is 5.32 Å². The highest BCUT2D eigenvalue weighted by Crippen LogP contribution is 1.93. The number of nitrogens with zero attached hydrogens (tertiary/aromatic N) is 2. The van der Waals surface area contributed by atoms with Gasteiger partial charge in [0.25, 0.3) is 5.91 Å². The number of rotatable bonds is 2. The maximum Gasteiger partial charge on any atom is 0.253 e. The molecule has 0 bridgehead atoms. The van der Waals surface area contributed by atoms with Gasteiger partial charge >= 0.3 is 0 Å². The number of nitriles is 1. The van der Waals surface area contributed by atoms with E-state index in [9.17, 15) is 4.79 Å². The van der Waals surface area contributed by atoms with Crippen LogP contribution in [0.2, 0.25) is 0 Å². The molecule has 0 saturated carbocycles. The molecule has 1 N–H and O–H groups in total. The minimum Gasteiger partial charge on any atom is -0.339 e. The van der Waals surface area contributed by atoms with Gasteiger partial charge in [-0.2, -0.15) is 5.26 Å². The average molecular weight is 161 g/mol. The SMILES string of the molecule is N#CCNC(=O)c1cccnc1. The second kappa shape index (κ2) is 4.09. The van der Waals surface area contributed by atoms with Gasteiger partial charge in [-0.05, 0) is 12.1 Å². The fourth-order valence-corrected chi connectivity index (χ4v) is 0.719. The van der Waals surface area contributed by atoms with Crippen LogP contribution in [0.1, 0.15) is 10.4 Å². The van der Waals surface area contributed by atoms with E-state index in [-0.39, 0.29) is 12.5 Å². The lowest BCUT2D eigenvalue weighted by molar-refractivity contribution is 0.0958. The topological polar surface area (TPSA) is 65.8 Å². The van der Waals surface area contributed by atoms with Crippen molar-refractivity contribution in [3.63, 3.8) is 0 Å². The smallest absolute Gasteiger partial charge is 0.253 e. The second-order valence-electron chi connectivity index (χ2n) is 2.08. The normalized spacial score (nSPS) is 8.58. The van der Waals surface area contributed by atoms with Crippen LogP contribution >= 0.6 is 0 Å². The standard InChI is InChI=1S/C8H7N3O/c9-3-5-11-8(12)7-2-1-4-10-6-7/h1-2,4,6H,5H2,(H,11,12). The van der Waals surface area contributed by atoms with Crippen molar-refractivity contribution in [2.24, 2.45) is 0 Å². The summed E-state index contributed by atoms with van der Waals surface area (Å²) in [5, 5.41) is 10.6. The van der Waals surface area contributed by atoms with Gasteiger partial charge in [0.2, 0.25) is 0 Å². The number of carbonyl (C=O) groups excluding carboxylic acids is 1. The van der Waals surface area contributed by atoms with Crippen molar-refractivity contribution >= 4 is 5.91 Å². The molecule has 0 spiro atoms. The highest BCUT2D eigenvalue weighted by atomic mass is 16.1. The fraction of sp³-hybridized carbons (Fsp3) is 0.125. The van der Waals surface area contributed by atoms with Crippen LogP contribution in [0.25, 0.3) is 0 Å². The van der Waals surface area contributed by atoms with E-state index in [1.807, 2.05) is 6.07 Å². The third-order valence-electron chi connectivity index (χ3n) is 1.25. The van der Waals surface area contributed by atoms with Gasteiger partial charge in [-0.3, -0.25) is 9.78 Å². The molecule has 1 amide bonds. The maximum atomic E-state index is 11.1. The predicted molar refractivity (Wildman–Crippen MR) is 42.2 cm³/mol. The number of nitrogens with one attached hydrogen (secondary N) is 1. The maximum absolute atomic E-state index is 11.1. The zero-order chi connectivity index (χ0) is 8.81. The number of aromatic nitrogens is 1. The fourth-order valence-electron chi connectivity index (χ4n) is 0.719. The van der Waals surface area contributed by atoms with E-state index >= 15 is 0 Å². The van der Waals surface area contributed by atoms with E-state index in [0.717, 1.165) is 0 Å². The number of pyridine rings is 1. The zero-order valence-electron chi connectivity index (χ0n) is 6.32. The average Bonchev–Trinajstić information content (AvgIpc) is 2.15. The molecule has 0 radical (unpaired) electrons. The first kappa shape index (κ1) is 8.21. The van der Waals surface area contributed by atoms with Gasteiger partial charge in [0.05, 0.1) is 11.6 Å². The Morgan fingerprint density at radius 1 is 1.75 bits per heavy atom. The highest BCUT2D eigenvalue weighted by Gasteiger charge is 2.01. The van der Waals surface area contributed by atoms with Crippen molar-refractivity contribution in [1.82, 2.24) is 10.3 Å². The lowest BCUT2D eigenvalue weighted by Gasteiger charge is -1.98. The molecule has 60 valence electrons. The molecule has 0 atom stereocenters. The number of hydrogen-bond donors (Lipinski definition) is 1. The molecular formula is C8H7N3O. The van der Waals surface area contributed by atoms with Crippen molar-refractivity contribution in [3.8, 4) is 6.07 Å². The van der Waals surface area contributed by atoms with Crippen LogP contribution in [0.4, 0.5) is 0 Å². The molecule has 4 heteroatoms. The van der Waals surface area contributed by atoms with Crippen molar-refractivity contribution < 1.29 is 4.79 Å². The van der Waals surface area contributed by atoms with Crippen molar-refractivity contribution in [1.29, 1.82) is 5.26 Å². The number of amides is 1. The summed E-state index contributed by atoms with van der Waals surface area (Å²) in [5.41, 5.74) is 0.466. The van der Waals surface area contributed by atoms with Crippen LogP contribution in [0.3, 0.4) is 0 Å². The summed E-state index contributed by atoms with van der Waals surface area (Å²) in [5.74, 6) is -0.273. The predicted octanol–water partition coefficient (Wildman–Crippen LogP) is 0.335. The third kappa shape index (κ3) is 2.06. The Hall–Kier alpha value is -1.89. The molecule has 1 heterocycles. The minimum atomic E-state index is -0.273. The van der Waals surface area contributed by atoms with E-state index in [1.54, 1.807) is 18.3 Å². The second-order valence-corrected chi connectivity index (χ2v) is 2.08. The van der Waals surface area contributed by atoms with E-state index in [1.165, 1.54) is 6.20 Å². The summed E-state index contributed by atoms with van der Waals surface area (Å²) >= 11 is 0. The molecule has 0 aliphatic heterocycles. The van der Waals surface area contributed by atoms with Crippen LogP contribution in [0.15, 0.2) is 24.5 Å². The van der Waals surface area contributed by atoms with Crippen LogP contribution in [-0.4, -0.2) is 17.4 Å². The van der Waals surface area contributed by atoms with Gasteiger partial charge in [0.15, 0.2) is 0 Å². The number of carbonyl (C=O) groups is 1. The molecule has 4 nitrogen and oxygen atoms in total. The first-order chi connectivity index (χ1) is 5.84. The Bertz CT molecular complexity index is 302. The Morgan fingerprint density at radius 2 is 2.58 bits per heavy atom. The summed E-state index contributed by atoms with van der Waals surface area (Å²) in [4.78, 5) is 14.9. The quantitative estimate of drug-likeness (QED) is 0.636. The summed E-state index contributed by atoms with van der Waals surface area (Å²) in [6, 6.07) is 5.12. The Kier molecular flexibility index (Phi) is 2.79. The molecule has 0 aliphatic rings. The van der Waals surface area contributed by atoms with Crippen molar-refractivity contribution in [2.75, 3.05) is 6.54 Å². The van der Waals surface area contributed by atoms with Crippen molar-refractivity contribution in [2.45, 2.75) is 0 Å². The Morgan fingerprint density at radius 3 is 3.17 bits per heavy atom. The molecule has 0 aromatic carbocycles. The van der Waals surface area contributed by atoms with Gasteiger partial charge in [-0.1, -0.05) is 0 Å². The van der Waals surface area contributed by atoms with E-state index in [4.69, 9.17) is 5.26 Å². The van der Waals surface area contributed by atoms with Crippen LogP contribution in [-0.2, 0) is 0 Å². The van der Waals surface area contributed by atoms with Crippen molar-refractivity contribution in [3.05, 3.63) is 30.1 Å². The molecule has 1 aromatic heterocycles. The molecule has 12 heavy (non-hydrogen) atoms. The molecule has 1 aromatic rings. The largest absolute Gasteiger partial charge is 0.339 e. The number of hydrogen-bond acceptors (Lipinski definition) is 3. The molecular weight excluding hydrogens is 154 g/mol. The first-order valence-electron chi connectivity index (χ1n) is 3.40. The van der Waals surface area contributed by atoms with E-state index in [2.05, 4.69) is 10.3 Å². The zero-order valence-corrected chi connectivity index (χ0v) is 6.32. The lowest BCUT2D eigenvalue weighted by Crippen LogP contribution is -2.23. The van der Waals surface area contributed by atoms with Gasteiger partial charge in [-0.15, -0.1) is 0 Å². The van der Waals surface area contributed by atoms with Gasteiger partial charge in [0.1, 0.15) is 6.54 Å². The molecule has 0 unspecified atom stereocenters. The third-order valence-corrected chi connectivity index (χ3v) is 1.25. The Balaban J connectivity index is 2.61. The summed E-state index contributed by atoms with van der Waals surface area (Å²) in [6.45, 7) is 0.0216.